The van der Waals surface area contributed by atoms with Crippen molar-refractivity contribution in [3.63, 3.8) is 0 Å². The number of ether oxygens (including phenoxy) is 1. The van der Waals surface area contributed by atoms with Gasteiger partial charge in [-0.2, -0.15) is 0 Å². The third-order valence-electron chi connectivity index (χ3n) is 4.57. The summed E-state index contributed by atoms with van der Waals surface area (Å²) in [5.74, 6) is 0.155. The van der Waals surface area contributed by atoms with Gasteiger partial charge in [-0.25, -0.2) is 4.79 Å². The van der Waals surface area contributed by atoms with Crippen molar-refractivity contribution in [2.24, 2.45) is 0 Å². The minimum atomic E-state index is -0.473. The first-order chi connectivity index (χ1) is 13.0. The Hall–Kier alpha value is -2.57. The summed E-state index contributed by atoms with van der Waals surface area (Å²) >= 11 is 0. The maximum Gasteiger partial charge on any atom is 0.332 e. The van der Waals surface area contributed by atoms with E-state index in [9.17, 15) is 14.4 Å². The highest BCUT2D eigenvalue weighted by Crippen LogP contribution is 2.22. The number of hydrogen-bond donors (Lipinski definition) is 1. The summed E-state index contributed by atoms with van der Waals surface area (Å²) < 4.78 is 7.97. The first kappa shape index (κ1) is 20.7. The molecule has 7 nitrogen and oxygen atoms in total. The molecule has 2 rings (SSSR count). The van der Waals surface area contributed by atoms with Gasteiger partial charge in [0.25, 0.3) is 5.56 Å². The molecule has 0 radical (unpaired) electrons. The molecule has 1 heterocycles. The lowest BCUT2D eigenvalue weighted by atomic mass is 10.2. The third kappa shape index (κ3) is 4.78. The Labute approximate surface area is 158 Å². The minimum absolute atomic E-state index is 0.275. The average molecular weight is 375 g/mol. The van der Waals surface area contributed by atoms with Crippen molar-refractivity contribution >= 4 is 16.8 Å². The first-order valence-corrected chi connectivity index (χ1v) is 9.62. The van der Waals surface area contributed by atoms with Crippen LogP contribution in [0.1, 0.15) is 46.0 Å². The molecular weight excluding hydrogens is 346 g/mol. The fourth-order valence-corrected chi connectivity index (χ4v) is 3.08. The van der Waals surface area contributed by atoms with Crippen molar-refractivity contribution in [3.05, 3.63) is 39.0 Å². The Morgan fingerprint density at radius 3 is 2.48 bits per heavy atom. The molecule has 0 bridgehead atoms. The molecule has 0 fully saturated rings. The molecule has 148 valence electrons. The van der Waals surface area contributed by atoms with Crippen molar-refractivity contribution in [1.82, 2.24) is 14.5 Å². The van der Waals surface area contributed by atoms with Crippen LogP contribution < -0.4 is 21.3 Å². The molecule has 0 aliphatic rings. The van der Waals surface area contributed by atoms with Gasteiger partial charge in [0, 0.05) is 13.1 Å². The second kappa shape index (κ2) is 9.94. The van der Waals surface area contributed by atoms with Crippen LogP contribution in [0.5, 0.6) is 5.75 Å². The lowest BCUT2D eigenvalue weighted by molar-refractivity contribution is -0.121. The van der Waals surface area contributed by atoms with Crippen LogP contribution in [0.25, 0.3) is 10.9 Å². The first-order valence-electron chi connectivity index (χ1n) is 9.62. The van der Waals surface area contributed by atoms with Gasteiger partial charge in [-0.1, -0.05) is 39.2 Å². The topological polar surface area (TPSA) is 82.3 Å². The van der Waals surface area contributed by atoms with E-state index < -0.39 is 11.2 Å². The van der Waals surface area contributed by atoms with Crippen LogP contribution in [0.4, 0.5) is 0 Å². The molecule has 0 unspecified atom stereocenters. The Kier molecular flexibility index (Phi) is 7.64. The number of aryl methyl sites for hydroxylation is 1. The standard InChI is InChI=1S/C20H29N3O4/c1-4-6-8-13-22-18-15(10-9-11-16(18)27-3)19(25)23(20(22)26)14-17(24)21-12-7-5-2/h9-11H,4-8,12-14H2,1-3H3,(H,21,24). The molecule has 2 aromatic rings. The summed E-state index contributed by atoms with van der Waals surface area (Å²) in [6.45, 7) is 4.85. The van der Waals surface area contributed by atoms with Gasteiger partial charge in [-0.05, 0) is 25.0 Å². The van der Waals surface area contributed by atoms with E-state index in [1.54, 1.807) is 22.8 Å². The van der Waals surface area contributed by atoms with E-state index in [4.69, 9.17) is 4.74 Å². The van der Waals surface area contributed by atoms with Crippen molar-refractivity contribution in [2.45, 2.75) is 59.0 Å². The summed E-state index contributed by atoms with van der Waals surface area (Å²) in [5.41, 5.74) is -0.446. The Morgan fingerprint density at radius 2 is 1.81 bits per heavy atom. The molecule has 0 saturated carbocycles. The highest BCUT2D eigenvalue weighted by molar-refractivity contribution is 5.84. The summed E-state index contributed by atoms with van der Waals surface area (Å²) in [4.78, 5) is 38.1. The number of para-hydroxylation sites is 1. The number of carbonyl (C=O) groups is 1. The van der Waals surface area contributed by atoms with E-state index in [0.29, 0.717) is 29.7 Å². The number of fused-ring (bicyclic) bond motifs is 1. The molecule has 1 aromatic heterocycles. The number of rotatable bonds is 10. The number of aromatic nitrogens is 2. The zero-order valence-corrected chi connectivity index (χ0v) is 16.4. The van der Waals surface area contributed by atoms with Crippen LogP contribution in [-0.4, -0.2) is 28.7 Å². The van der Waals surface area contributed by atoms with Crippen molar-refractivity contribution < 1.29 is 9.53 Å². The molecule has 27 heavy (non-hydrogen) atoms. The number of carbonyl (C=O) groups excluding carboxylic acids is 1. The molecule has 1 N–H and O–H groups in total. The lowest BCUT2D eigenvalue weighted by Crippen LogP contribution is -2.44. The molecule has 0 aliphatic heterocycles. The number of methoxy groups -OCH3 is 1. The van der Waals surface area contributed by atoms with Crippen LogP contribution in [0.15, 0.2) is 27.8 Å². The largest absolute Gasteiger partial charge is 0.495 e. The van der Waals surface area contributed by atoms with Gasteiger partial charge in [-0.15, -0.1) is 0 Å². The van der Waals surface area contributed by atoms with Crippen LogP contribution in [0.2, 0.25) is 0 Å². The predicted octanol–water partition coefficient (Wildman–Crippen LogP) is 2.28. The number of unbranched alkanes of at least 4 members (excludes halogenated alkanes) is 3. The van der Waals surface area contributed by atoms with Gasteiger partial charge < -0.3 is 10.1 Å². The summed E-state index contributed by atoms with van der Waals surface area (Å²) in [6.07, 6.45) is 4.62. The summed E-state index contributed by atoms with van der Waals surface area (Å²) in [5, 5.41) is 3.14. The average Bonchev–Trinajstić information content (AvgIpc) is 2.67. The van der Waals surface area contributed by atoms with Gasteiger partial charge in [0.15, 0.2) is 0 Å². The Morgan fingerprint density at radius 1 is 1.07 bits per heavy atom. The molecule has 7 heteroatoms. The van der Waals surface area contributed by atoms with E-state index in [1.165, 1.54) is 7.11 Å². The highest BCUT2D eigenvalue weighted by atomic mass is 16.5. The maximum absolute atomic E-state index is 13.0. The van der Waals surface area contributed by atoms with Crippen molar-refractivity contribution in [2.75, 3.05) is 13.7 Å². The SMILES string of the molecule is CCCCCn1c(=O)n(CC(=O)NCCCC)c(=O)c2cccc(OC)c21. The fourth-order valence-electron chi connectivity index (χ4n) is 3.08. The third-order valence-corrected chi connectivity index (χ3v) is 4.57. The summed E-state index contributed by atoms with van der Waals surface area (Å²) in [6, 6.07) is 5.12. The molecule has 0 aliphatic carbocycles. The van der Waals surface area contributed by atoms with Crippen LogP contribution in [0.3, 0.4) is 0 Å². The van der Waals surface area contributed by atoms with Crippen molar-refractivity contribution in [1.29, 1.82) is 0 Å². The van der Waals surface area contributed by atoms with E-state index in [-0.39, 0.29) is 12.5 Å². The highest BCUT2D eigenvalue weighted by Gasteiger charge is 2.17. The van der Waals surface area contributed by atoms with Crippen LogP contribution in [0, 0.1) is 0 Å². The number of amides is 1. The second-order valence-corrected chi connectivity index (χ2v) is 6.59. The van der Waals surface area contributed by atoms with Gasteiger partial charge >= 0.3 is 5.69 Å². The van der Waals surface area contributed by atoms with Gasteiger partial charge in [-0.3, -0.25) is 18.7 Å². The molecule has 0 atom stereocenters. The normalized spacial score (nSPS) is 10.9. The van der Waals surface area contributed by atoms with Crippen molar-refractivity contribution in [3.8, 4) is 5.75 Å². The quantitative estimate of drug-likeness (QED) is 0.646. The van der Waals surface area contributed by atoms with E-state index in [0.717, 1.165) is 36.7 Å². The zero-order valence-electron chi connectivity index (χ0n) is 16.4. The molecule has 0 spiro atoms. The second-order valence-electron chi connectivity index (χ2n) is 6.59. The molecule has 0 saturated heterocycles. The minimum Gasteiger partial charge on any atom is -0.495 e. The Balaban J connectivity index is 2.53. The van der Waals surface area contributed by atoms with Gasteiger partial charge in [0.2, 0.25) is 5.91 Å². The van der Waals surface area contributed by atoms with Gasteiger partial charge in [0.05, 0.1) is 12.5 Å². The lowest BCUT2D eigenvalue weighted by Gasteiger charge is -2.16. The number of nitrogens with one attached hydrogen (secondary N) is 1. The monoisotopic (exact) mass is 375 g/mol. The molecular formula is C20H29N3O4. The fraction of sp³-hybridized carbons (Fsp3) is 0.550. The van der Waals surface area contributed by atoms with E-state index in [2.05, 4.69) is 12.2 Å². The van der Waals surface area contributed by atoms with Crippen LogP contribution >= 0.6 is 0 Å². The maximum atomic E-state index is 13.0. The van der Waals surface area contributed by atoms with E-state index >= 15 is 0 Å². The van der Waals surface area contributed by atoms with Crippen LogP contribution in [-0.2, 0) is 17.9 Å². The smallest absolute Gasteiger partial charge is 0.332 e. The number of nitrogens with zero attached hydrogens (tertiary/aromatic N) is 2. The summed E-state index contributed by atoms with van der Waals surface area (Å²) in [7, 11) is 1.52. The Bertz CT molecular complexity index is 898. The number of hydrogen-bond acceptors (Lipinski definition) is 4. The molecule has 1 amide bonds. The predicted molar refractivity (Wildman–Crippen MR) is 106 cm³/mol. The number of benzene rings is 1. The van der Waals surface area contributed by atoms with Gasteiger partial charge in [0.1, 0.15) is 17.8 Å². The van der Waals surface area contributed by atoms with E-state index in [1.807, 2.05) is 6.92 Å². The molecule has 1 aromatic carbocycles. The zero-order chi connectivity index (χ0) is 19.8.